The van der Waals surface area contributed by atoms with Gasteiger partial charge in [-0.2, -0.15) is 0 Å². The van der Waals surface area contributed by atoms with Gasteiger partial charge in [0.25, 0.3) is 0 Å². The van der Waals surface area contributed by atoms with Crippen LogP contribution in [0.5, 0.6) is 0 Å². The highest BCUT2D eigenvalue weighted by atomic mass is 32.1. The Bertz CT molecular complexity index is 516. The fraction of sp³-hybridized carbons (Fsp3) is 0.765. The number of carbonyl (C=O) groups excluding carboxylic acids is 1. The van der Waals surface area contributed by atoms with Crippen molar-refractivity contribution >= 4 is 17.4 Å². The summed E-state index contributed by atoms with van der Waals surface area (Å²) in [6.45, 7) is 8.64. The smallest absolute Gasteiger partial charge is 0.315 e. The molecule has 1 aliphatic carbocycles. The number of carbonyl (C=O) groups is 1. The van der Waals surface area contributed by atoms with Gasteiger partial charge in [0.1, 0.15) is 5.01 Å². The minimum Gasteiger partial charge on any atom is -0.396 e. The van der Waals surface area contributed by atoms with Crippen molar-refractivity contribution in [1.29, 1.82) is 0 Å². The van der Waals surface area contributed by atoms with Crippen LogP contribution in [-0.4, -0.2) is 28.8 Å². The molecule has 3 N–H and O–H groups in total. The van der Waals surface area contributed by atoms with E-state index in [1.165, 1.54) is 0 Å². The molecule has 6 heteroatoms. The molecule has 0 aromatic carbocycles. The average Bonchev–Trinajstić information content (AvgIpc) is 2.98. The first-order chi connectivity index (χ1) is 10.8. The van der Waals surface area contributed by atoms with E-state index in [9.17, 15) is 4.79 Å². The molecule has 1 aromatic rings. The number of amides is 2. The maximum absolute atomic E-state index is 12.2. The molecule has 1 atom stereocenters. The van der Waals surface area contributed by atoms with Crippen molar-refractivity contribution in [3.63, 3.8) is 0 Å². The summed E-state index contributed by atoms with van der Waals surface area (Å²) < 4.78 is 0. The highest BCUT2D eigenvalue weighted by Crippen LogP contribution is 2.27. The second-order valence-electron chi connectivity index (χ2n) is 7.56. The largest absolute Gasteiger partial charge is 0.396 e. The van der Waals surface area contributed by atoms with Crippen molar-refractivity contribution < 1.29 is 9.90 Å². The van der Waals surface area contributed by atoms with E-state index in [0.717, 1.165) is 36.4 Å². The van der Waals surface area contributed by atoms with Crippen LogP contribution < -0.4 is 10.6 Å². The molecule has 23 heavy (non-hydrogen) atoms. The van der Waals surface area contributed by atoms with Gasteiger partial charge in [0.2, 0.25) is 0 Å². The fourth-order valence-electron chi connectivity index (χ4n) is 2.81. The zero-order chi connectivity index (χ0) is 17.0. The quantitative estimate of drug-likeness (QED) is 0.787. The zero-order valence-corrected chi connectivity index (χ0v) is 15.4. The van der Waals surface area contributed by atoms with Gasteiger partial charge < -0.3 is 15.7 Å². The maximum Gasteiger partial charge on any atom is 0.315 e. The summed E-state index contributed by atoms with van der Waals surface area (Å²) in [4.78, 5) is 16.8. The van der Waals surface area contributed by atoms with Gasteiger partial charge in [0, 0.05) is 23.4 Å². The van der Waals surface area contributed by atoms with E-state index in [1.807, 2.05) is 6.92 Å². The van der Waals surface area contributed by atoms with E-state index in [1.54, 1.807) is 11.3 Å². The molecule has 1 unspecified atom stereocenters. The van der Waals surface area contributed by atoms with Gasteiger partial charge in [-0.25, -0.2) is 9.78 Å². The molecular formula is C17H29N3O2S. The Hall–Kier alpha value is -1.14. The third-order valence-corrected chi connectivity index (χ3v) is 5.48. The topological polar surface area (TPSA) is 74.2 Å². The summed E-state index contributed by atoms with van der Waals surface area (Å²) in [6, 6.07) is -0.00577. The molecule has 0 bridgehead atoms. The Morgan fingerprint density at radius 2 is 2.04 bits per heavy atom. The summed E-state index contributed by atoms with van der Waals surface area (Å²) in [6.07, 6.45) is 3.85. The first-order valence-electron chi connectivity index (χ1n) is 8.43. The molecule has 2 rings (SSSR count). The summed E-state index contributed by atoms with van der Waals surface area (Å²) in [5.41, 5.74) is 1.09. The third kappa shape index (κ3) is 5.18. The fourth-order valence-corrected chi connectivity index (χ4v) is 3.86. The van der Waals surface area contributed by atoms with E-state index < -0.39 is 0 Å². The van der Waals surface area contributed by atoms with Crippen molar-refractivity contribution in [3.05, 3.63) is 16.1 Å². The Labute approximate surface area is 142 Å². The van der Waals surface area contributed by atoms with Crippen molar-refractivity contribution in [1.82, 2.24) is 15.6 Å². The van der Waals surface area contributed by atoms with Crippen molar-refractivity contribution in [2.45, 2.75) is 70.9 Å². The molecule has 1 saturated carbocycles. The molecule has 1 fully saturated rings. The Morgan fingerprint density at radius 3 is 2.57 bits per heavy atom. The Kier molecular flexibility index (Phi) is 6.03. The van der Waals surface area contributed by atoms with Crippen LogP contribution in [0.1, 0.15) is 70.1 Å². The van der Waals surface area contributed by atoms with Crippen LogP contribution in [0.15, 0.2) is 5.38 Å². The molecule has 1 heterocycles. The lowest BCUT2D eigenvalue weighted by Gasteiger charge is -2.28. The molecular weight excluding hydrogens is 310 g/mol. The Morgan fingerprint density at radius 1 is 1.39 bits per heavy atom. The van der Waals surface area contributed by atoms with Gasteiger partial charge in [0.15, 0.2) is 0 Å². The molecule has 0 saturated heterocycles. The number of aromatic nitrogens is 1. The number of aliphatic hydroxyl groups excluding tert-OH is 1. The van der Waals surface area contributed by atoms with Crippen LogP contribution in [-0.2, 0) is 5.41 Å². The minimum absolute atomic E-state index is 0.0298. The van der Waals surface area contributed by atoms with E-state index in [4.69, 9.17) is 5.11 Å². The van der Waals surface area contributed by atoms with E-state index in [0.29, 0.717) is 5.92 Å². The number of aliphatic hydroxyl groups is 1. The molecule has 130 valence electrons. The van der Waals surface area contributed by atoms with Crippen LogP contribution in [0.25, 0.3) is 0 Å². The summed E-state index contributed by atoms with van der Waals surface area (Å²) in [5.74, 6) is 0.404. The average molecular weight is 340 g/mol. The van der Waals surface area contributed by atoms with Gasteiger partial charge in [-0.05, 0) is 38.5 Å². The predicted molar refractivity (Wildman–Crippen MR) is 93.7 cm³/mol. The second-order valence-corrected chi connectivity index (χ2v) is 8.45. The number of hydrogen-bond donors (Lipinski definition) is 3. The van der Waals surface area contributed by atoms with Crippen molar-refractivity contribution in [2.24, 2.45) is 5.92 Å². The molecule has 1 aromatic heterocycles. The van der Waals surface area contributed by atoms with Crippen LogP contribution in [0.2, 0.25) is 0 Å². The molecule has 2 amide bonds. The minimum atomic E-state index is -0.127. The summed E-state index contributed by atoms with van der Waals surface area (Å²) in [5, 5.41) is 18.2. The standard InChI is InChI=1S/C17H29N3O2S/c1-11(15-20-14(10-23-15)17(2,3)4)18-16(22)19-13-7-5-12(9-21)6-8-13/h10-13,21H,5-9H2,1-4H3,(H2,18,19,22). The first kappa shape index (κ1) is 18.2. The van der Waals surface area contributed by atoms with Crippen LogP contribution in [0.4, 0.5) is 4.79 Å². The van der Waals surface area contributed by atoms with E-state index in [-0.39, 0.29) is 30.1 Å². The second kappa shape index (κ2) is 7.62. The number of urea groups is 1. The summed E-state index contributed by atoms with van der Waals surface area (Å²) in [7, 11) is 0. The lowest BCUT2D eigenvalue weighted by molar-refractivity contribution is 0.174. The highest BCUT2D eigenvalue weighted by Gasteiger charge is 2.23. The Balaban J connectivity index is 1.82. The SMILES string of the molecule is CC(NC(=O)NC1CCC(CO)CC1)c1nc(C(C)(C)C)cs1. The number of rotatable bonds is 4. The number of hydrogen-bond acceptors (Lipinski definition) is 4. The highest BCUT2D eigenvalue weighted by molar-refractivity contribution is 7.09. The van der Waals surface area contributed by atoms with Gasteiger partial charge in [-0.3, -0.25) is 0 Å². The van der Waals surface area contributed by atoms with Crippen LogP contribution in [0, 0.1) is 5.92 Å². The van der Waals surface area contributed by atoms with Crippen LogP contribution in [0.3, 0.4) is 0 Å². The van der Waals surface area contributed by atoms with Gasteiger partial charge >= 0.3 is 6.03 Å². The van der Waals surface area contributed by atoms with Gasteiger partial charge in [0.05, 0.1) is 11.7 Å². The molecule has 0 radical (unpaired) electrons. The lowest BCUT2D eigenvalue weighted by Crippen LogP contribution is -2.44. The molecule has 5 nitrogen and oxygen atoms in total. The number of nitrogens with zero attached hydrogens (tertiary/aromatic N) is 1. The first-order valence-corrected chi connectivity index (χ1v) is 9.31. The predicted octanol–water partition coefficient (Wildman–Crippen LogP) is 3.35. The van der Waals surface area contributed by atoms with E-state index >= 15 is 0 Å². The normalized spacial score (nSPS) is 23.3. The lowest BCUT2D eigenvalue weighted by atomic mass is 9.87. The van der Waals surface area contributed by atoms with Crippen molar-refractivity contribution in [3.8, 4) is 0 Å². The van der Waals surface area contributed by atoms with Gasteiger partial charge in [-0.15, -0.1) is 11.3 Å². The maximum atomic E-state index is 12.2. The van der Waals surface area contributed by atoms with Crippen LogP contribution >= 0.6 is 11.3 Å². The third-order valence-electron chi connectivity index (χ3n) is 4.45. The molecule has 0 spiro atoms. The molecule has 1 aliphatic rings. The summed E-state index contributed by atoms with van der Waals surface area (Å²) >= 11 is 1.59. The molecule has 0 aliphatic heterocycles. The number of thiazole rings is 1. The number of nitrogens with one attached hydrogen (secondary N) is 2. The van der Waals surface area contributed by atoms with Crippen molar-refractivity contribution in [2.75, 3.05) is 6.61 Å². The monoisotopic (exact) mass is 339 g/mol. The zero-order valence-electron chi connectivity index (χ0n) is 14.6. The van der Waals surface area contributed by atoms with E-state index in [2.05, 4.69) is 41.8 Å². The van der Waals surface area contributed by atoms with Gasteiger partial charge in [-0.1, -0.05) is 20.8 Å².